The lowest BCUT2D eigenvalue weighted by Crippen LogP contribution is -2.48. The molecule has 5 heteroatoms. The van der Waals surface area contributed by atoms with Crippen molar-refractivity contribution < 1.29 is 14.3 Å². The normalized spacial score (nSPS) is 19.4. The summed E-state index contributed by atoms with van der Waals surface area (Å²) in [6.07, 6.45) is 0.438. The van der Waals surface area contributed by atoms with Gasteiger partial charge in [-0.15, -0.1) is 0 Å². The van der Waals surface area contributed by atoms with Crippen LogP contribution in [0.3, 0.4) is 0 Å². The quantitative estimate of drug-likeness (QED) is 0.809. The van der Waals surface area contributed by atoms with Crippen molar-refractivity contribution in [1.82, 2.24) is 10.6 Å². The summed E-state index contributed by atoms with van der Waals surface area (Å²) in [4.78, 5) is 12.5. The van der Waals surface area contributed by atoms with Crippen molar-refractivity contribution in [1.29, 1.82) is 0 Å². The van der Waals surface area contributed by atoms with E-state index in [-0.39, 0.29) is 11.9 Å². The van der Waals surface area contributed by atoms with Crippen molar-refractivity contribution in [3.05, 3.63) is 29.8 Å². The molecule has 0 saturated carbocycles. The monoisotopic (exact) mass is 320 g/mol. The summed E-state index contributed by atoms with van der Waals surface area (Å²) in [6, 6.07) is 7.85. The highest BCUT2D eigenvalue weighted by Gasteiger charge is 2.26. The summed E-state index contributed by atoms with van der Waals surface area (Å²) < 4.78 is 11.3. The van der Waals surface area contributed by atoms with E-state index in [4.69, 9.17) is 9.47 Å². The molecule has 0 aromatic heterocycles. The van der Waals surface area contributed by atoms with Crippen molar-refractivity contribution in [3.8, 4) is 5.75 Å². The zero-order valence-corrected chi connectivity index (χ0v) is 14.3. The number of amides is 1. The molecule has 1 fully saturated rings. The minimum atomic E-state index is -0.419. The Morgan fingerprint density at radius 1 is 1.43 bits per heavy atom. The first kappa shape index (κ1) is 17.8. The topological polar surface area (TPSA) is 59.6 Å². The van der Waals surface area contributed by atoms with Gasteiger partial charge < -0.3 is 20.1 Å². The number of rotatable bonds is 7. The lowest BCUT2D eigenvalue weighted by Gasteiger charge is -2.27. The van der Waals surface area contributed by atoms with Crippen LogP contribution in [0.2, 0.25) is 0 Å². The van der Waals surface area contributed by atoms with Gasteiger partial charge in [0.25, 0.3) is 5.91 Å². The molecule has 1 amide bonds. The Kier molecular flexibility index (Phi) is 6.86. The third-order valence-corrected chi connectivity index (χ3v) is 3.84. The molecule has 23 heavy (non-hydrogen) atoms. The summed E-state index contributed by atoms with van der Waals surface area (Å²) in [5.74, 6) is 1.23. The summed E-state index contributed by atoms with van der Waals surface area (Å²) in [7, 11) is 0. The van der Waals surface area contributed by atoms with E-state index in [0.29, 0.717) is 25.7 Å². The Morgan fingerprint density at radius 2 is 2.22 bits per heavy atom. The molecule has 5 nitrogen and oxygen atoms in total. The Morgan fingerprint density at radius 3 is 2.87 bits per heavy atom. The molecule has 0 radical (unpaired) electrons. The number of benzene rings is 1. The van der Waals surface area contributed by atoms with E-state index in [1.165, 1.54) is 0 Å². The summed E-state index contributed by atoms with van der Waals surface area (Å²) in [5, 5.41) is 6.34. The minimum Gasteiger partial charge on any atom is -0.494 e. The fourth-order valence-electron chi connectivity index (χ4n) is 2.79. The third kappa shape index (κ3) is 5.22. The second kappa shape index (κ2) is 8.89. The highest BCUT2D eigenvalue weighted by atomic mass is 16.5. The highest BCUT2D eigenvalue weighted by molar-refractivity contribution is 5.81. The fourth-order valence-corrected chi connectivity index (χ4v) is 2.79. The predicted molar refractivity (Wildman–Crippen MR) is 90.6 cm³/mol. The Balaban J connectivity index is 2.14. The average Bonchev–Trinajstić information content (AvgIpc) is 2.55. The zero-order chi connectivity index (χ0) is 16.7. The molecule has 1 aliphatic rings. The highest BCUT2D eigenvalue weighted by Crippen LogP contribution is 2.29. The van der Waals surface area contributed by atoms with Crippen LogP contribution >= 0.6 is 0 Å². The van der Waals surface area contributed by atoms with Crippen LogP contribution in [0.15, 0.2) is 24.3 Å². The van der Waals surface area contributed by atoms with Gasteiger partial charge in [-0.3, -0.25) is 4.79 Å². The average molecular weight is 320 g/mol. The first-order valence-electron chi connectivity index (χ1n) is 8.46. The van der Waals surface area contributed by atoms with E-state index in [9.17, 15) is 4.79 Å². The summed E-state index contributed by atoms with van der Waals surface area (Å²) >= 11 is 0. The molecule has 0 bridgehead atoms. The van der Waals surface area contributed by atoms with Gasteiger partial charge in [-0.05, 0) is 25.3 Å². The molecule has 2 rings (SSSR count). The predicted octanol–water partition coefficient (Wildman–Crippen LogP) is 2.28. The summed E-state index contributed by atoms with van der Waals surface area (Å²) in [5.41, 5.74) is 1.03. The summed E-state index contributed by atoms with van der Waals surface area (Å²) in [6.45, 7) is 8.81. The second-order valence-corrected chi connectivity index (χ2v) is 6.23. The number of hydrogen-bond donors (Lipinski definition) is 2. The molecule has 2 atom stereocenters. The fraction of sp³-hybridized carbons (Fsp3) is 0.611. The van der Waals surface area contributed by atoms with Crippen molar-refractivity contribution in [2.24, 2.45) is 5.92 Å². The molecular weight excluding hydrogens is 292 g/mol. The van der Waals surface area contributed by atoms with E-state index in [1.807, 2.05) is 31.2 Å². The van der Waals surface area contributed by atoms with Crippen LogP contribution in [-0.2, 0) is 9.53 Å². The maximum atomic E-state index is 12.5. The smallest absolute Gasteiger partial charge is 0.250 e. The number of para-hydroxylation sites is 1. The van der Waals surface area contributed by atoms with Gasteiger partial charge in [-0.1, -0.05) is 32.0 Å². The van der Waals surface area contributed by atoms with Gasteiger partial charge in [0, 0.05) is 18.7 Å². The molecule has 1 aromatic carbocycles. The van der Waals surface area contributed by atoms with E-state index in [1.54, 1.807) is 0 Å². The van der Waals surface area contributed by atoms with E-state index < -0.39 is 6.10 Å². The third-order valence-electron chi connectivity index (χ3n) is 3.84. The first-order chi connectivity index (χ1) is 11.1. The van der Waals surface area contributed by atoms with Gasteiger partial charge in [0.1, 0.15) is 11.9 Å². The van der Waals surface area contributed by atoms with E-state index in [2.05, 4.69) is 24.5 Å². The number of morpholine rings is 1. The van der Waals surface area contributed by atoms with Gasteiger partial charge in [0.2, 0.25) is 0 Å². The molecule has 2 unspecified atom stereocenters. The number of ether oxygens (including phenoxy) is 2. The van der Waals surface area contributed by atoms with Crippen LogP contribution in [0.1, 0.15) is 38.8 Å². The number of hydrogen-bond acceptors (Lipinski definition) is 4. The maximum absolute atomic E-state index is 12.5. The Bertz CT molecular complexity index is 499. The number of nitrogens with one attached hydrogen (secondary N) is 2. The van der Waals surface area contributed by atoms with E-state index >= 15 is 0 Å². The minimum absolute atomic E-state index is 0.0610. The van der Waals surface area contributed by atoms with Crippen molar-refractivity contribution in [2.75, 3.05) is 26.3 Å². The molecule has 1 heterocycles. The van der Waals surface area contributed by atoms with Crippen LogP contribution in [0, 0.1) is 5.92 Å². The van der Waals surface area contributed by atoms with Crippen LogP contribution in [0.5, 0.6) is 5.75 Å². The molecule has 0 spiro atoms. The van der Waals surface area contributed by atoms with Gasteiger partial charge in [-0.25, -0.2) is 0 Å². The van der Waals surface area contributed by atoms with Crippen molar-refractivity contribution >= 4 is 5.91 Å². The van der Waals surface area contributed by atoms with Crippen LogP contribution < -0.4 is 15.4 Å². The van der Waals surface area contributed by atoms with Gasteiger partial charge in [0.05, 0.1) is 19.3 Å². The van der Waals surface area contributed by atoms with Crippen molar-refractivity contribution in [3.63, 3.8) is 0 Å². The lowest BCUT2D eigenvalue weighted by atomic mass is 9.96. The molecule has 0 aliphatic carbocycles. The van der Waals surface area contributed by atoms with Crippen LogP contribution in [-0.4, -0.2) is 38.3 Å². The second-order valence-electron chi connectivity index (χ2n) is 6.23. The molecule has 1 saturated heterocycles. The molecular formula is C18H28N2O3. The standard InChI is InChI=1S/C18H28N2O3/c1-4-22-16-8-6-5-7-14(16)15(11-13(2)3)20-18(21)17-12-19-9-10-23-17/h5-8,13,15,17,19H,4,9-12H2,1-3H3,(H,20,21). The van der Waals surface area contributed by atoms with Crippen LogP contribution in [0.25, 0.3) is 0 Å². The number of carbonyl (C=O) groups excluding carboxylic acids is 1. The largest absolute Gasteiger partial charge is 0.494 e. The zero-order valence-electron chi connectivity index (χ0n) is 14.3. The first-order valence-corrected chi connectivity index (χ1v) is 8.46. The lowest BCUT2D eigenvalue weighted by molar-refractivity contribution is -0.135. The molecule has 1 aliphatic heterocycles. The molecule has 1 aromatic rings. The van der Waals surface area contributed by atoms with Crippen molar-refractivity contribution in [2.45, 2.75) is 39.3 Å². The Labute approximate surface area is 138 Å². The Hall–Kier alpha value is -1.59. The number of carbonyl (C=O) groups is 1. The molecule has 2 N–H and O–H groups in total. The molecule has 128 valence electrons. The SMILES string of the molecule is CCOc1ccccc1C(CC(C)C)NC(=O)C1CNCCO1. The van der Waals surface area contributed by atoms with Gasteiger partial charge in [0.15, 0.2) is 0 Å². The van der Waals surface area contributed by atoms with Crippen LogP contribution in [0.4, 0.5) is 0 Å². The van der Waals surface area contributed by atoms with E-state index in [0.717, 1.165) is 24.3 Å². The van der Waals surface area contributed by atoms with Gasteiger partial charge in [-0.2, -0.15) is 0 Å². The van der Waals surface area contributed by atoms with Gasteiger partial charge >= 0.3 is 0 Å². The maximum Gasteiger partial charge on any atom is 0.250 e.